The van der Waals surface area contributed by atoms with Crippen molar-refractivity contribution in [1.82, 2.24) is 5.32 Å². The normalized spacial score (nSPS) is 10.4. The van der Waals surface area contributed by atoms with Crippen LogP contribution in [0.25, 0.3) is 0 Å². The van der Waals surface area contributed by atoms with E-state index in [1.54, 1.807) is 0 Å². The fraction of sp³-hybridized carbons (Fsp3) is 0.571. The molecule has 0 unspecified atom stereocenters. The van der Waals surface area contributed by atoms with Crippen molar-refractivity contribution in [3.8, 4) is 0 Å². The lowest BCUT2D eigenvalue weighted by Crippen LogP contribution is -2.26. The van der Waals surface area contributed by atoms with E-state index >= 15 is 0 Å². The van der Waals surface area contributed by atoms with Crippen molar-refractivity contribution in [3.05, 3.63) is 29.8 Å². The molecule has 1 aromatic rings. The Morgan fingerprint density at radius 2 is 1.69 bits per heavy atom. The van der Waals surface area contributed by atoms with Crippen LogP contribution in [0.4, 0.5) is 5.69 Å². The number of hydrogen-bond donors (Lipinski definition) is 1. The van der Waals surface area contributed by atoms with Gasteiger partial charge in [0.1, 0.15) is 0 Å². The topological polar surface area (TPSA) is 15.3 Å². The summed E-state index contributed by atoms with van der Waals surface area (Å²) in [5.74, 6) is 0. The Bertz CT molecular complexity index is 291. The highest BCUT2D eigenvalue weighted by Crippen LogP contribution is 2.20. The van der Waals surface area contributed by atoms with E-state index in [0.29, 0.717) is 0 Å². The number of nitrogens with zero attached hydrogens (tertiary/aromatic N) is 1. The average Bonchev–Trinajstić information content (AvgIpc) is 2.30. The van der Waals surface area contributed by atoms with Crippen LogP contribution in [-0.4, -0.2) is 20.1 Å². The molecule has 0 saturated heterocycles. The standard InChI is InChI=1S/C14H24N2/c1-4-10-16(11-5-2)14-9-7-6-8-13(14)12-15-3/h6-9,15H,4-5,10-12H2,1-3H3. The predicted molar refractivity (Wildman–Crippen MR) is 72.0 cm³/mol. The molecule has 2 nitrogen and oxygen atoms in total. The van der Waals surface area contributed by atoms with Crippen LogP contribution < -0.4 is 10.2 Å². The van der Waals surface area contributed by atoms with Gasteiger partial charge in [0.25, 0.3) is 0 Å². The second-order valence-electron chi connectivity index (χ2n) is 4.15. The molecule has 0 bridgehead atoms. The van der Waals surface area contributed by atoms with Gasteiger partial charge in [0, 0.05) is 25.3 Å². The van der Waals surface area contributed by atoms with Gasteiger partial charge < -0.3 is 10.2 Å². The Hall–Kier alpha value is -1.02. The molecule has 0 aromatic heterocycles. The van der Waals surface area contributed by atoms with Crippen LogP contribution in [0.15, 0.2) is 24.3 Å². The van der Waals surface area contributed by atoms with Crippen LogP contribution in [0, 0.1) is 0 Å². The molecule has 0 atom stereocenters. The van der Waals surface area contributed by atoms with Crippen molar-refractivity contribution >= 4 is 5.69 Å². The summed E-state index contributed by atoms with van der Waals surface area (Å²) >= 11 is 0. The Balaban J connectivity index is 2.87. The van der Waals surface area contributed by atoms with E-state index in [9.17, 15) is 0 Å². The first-order valence-electron chi connectivity index (χ1n) is 6.30. The second kappa shape index (κ2) is 7.29. The first-order valence-corrected chi connectivity index (χ1v) is 6.30. The fourth-order valence-electron chi connectivity index (χ4n) is 2.05. The molecule has 1 N–H and O–H groups in total. The first-order chi connectivity index (χ1) is 7.83. The minimum absolute atomic E-state index is 0.945. The highest BCUT2D eigenvalue weighted by atomic mass is 15.1. The van der Waals surface area contributed by atoms with Gasteiger partial charge in [-0.1, -0.05) is 32.0 Å². The Labute approximate surface area is 99.7 Å². The molecule has 0 fully saturated rings. The summed E-state index contributed by atoms with van der Waals surface area (Å²) in [6.07, 6.45) is 2.40. The highest BCUT2D eigenvalue weighted by molar-refractivity contribution is 5.53. The summed E-state index contributed by atoms with van der Waals surface area (Å²) in [5, 5.41) is 3.24. The molecule has 0 radical (unpaired) electrons. The number of hydrogen-bond acceptors (Lipinski definition) is 2. The summed E-state index contributed by atoms with van der Waals surface area (Å²) in [7, 11) is 2.00. The third-order valence-corrected chi connectivity index (χ3v) is 2.69. The van der Waals surface area contributed by atoms with Gasteiger partial charge in [0.2, 0.25) is 0 Å². The molecule has 2 heteroatoms. The molecule has 0 amide bonds. The maximum Gasteiger partial charge on any atom is 0.0411 e. The van der Waals surface area contributed by atoms with Gasteiger partial charge in [0.15, 0.2) is 0 Å². The lowest BCUT2D eigenvalue weighted by molar-refractivity contribution is 0.732. The monoisotopic (exact) mass is 220 g/mol. The molecule has 16 heavy (non-hydrogen) atoms. The van der Waals surface area contributed by atoms with Crippen molar-refractivity contribution in [2.75, 3.05) is 25.0 Å². The Morgan fingerprint density at radius 3 is 2.25 bits per heavy atom. The Kier molecular flexibility index (Phi) is 5.94. The average molecular weight is 220 g/mol. The number of para-hydroxylation sites is 1. The first kappa shape index (κ1) is 13.0. The molecule has 1 aromatic carbocycles. The summed E-state index contributed by atoms with van der Waals surface area (Å²) in [4.78, 5) is 2.49. The second-order valence-corrected chi connectivity index (χ2v) is 4.15. The lowest BCUT2D eigenvalue weighted by Gasteiger charge is -2.26. The molecule has 0 spiro atoms. The smallest absolute Gasteiger partial charge is 0.0411 e. The largest absolute Gasteiger partial charge is 0.371 e. The van der Waals surface area contributed by atoms with E-state index in [4.69, 9.17) is 0 Å². The van der Waals surface area contributed by atoms with Crippen molar-refractivity contribution in [1.29, 1.82) is 0 Å². The van der Waals surface area contributed by atoms with Crippen LogP contribution >= 0.6 is 0 Å². The van der Waals surface area contributed by atoms with Crippen LogP contribution in [-0.2, 0) is 6.54 Å². The quantitative estimate of drug-likeness (QED) is 0.760. The number of nitrogens with one attached hydrogen (secondary N) is 1. The van der Waals surface area contributed by atoms with Crippen LogP contribution in [0.1, 0.15) is 32.3 Å². The molecule has 1 rings (SSSR count). The zero-order chi connectivity index (χ0) is 11.8. The molecule has 0 saturated carbocycles. The maximum atomic E-state index is 3.24. The van der Waals surface area contributed by atoms with Gasteiger partial charge >= 0.3 is 0 Å². The zero-order valence-corrected chi connectivity index (χ0v) is 10.8. The van der Waals surface area contributed by atoms with E-state index in [0.717, 1.165) is 19.6 Å². The van der Waals surface area contributed by atoms with Gasteiger partial charge in [0.05, 0.1) is 0 Å². The van der Waals surface area contributed by atoms with Crippen molar-refractivity contribution in [2.45, 2.75) is 33.2 Å². The van der Waals surface area contributed by atoms with Crippen LogP contribution in [0.3, 0.4) is 0 Å². The van der Waals surface area contributed by atoms with E-state index in [-0.39, 0.29) is 0 Å². The summed E-state index contributed by atoms with van der Waals surface area (Å²) in [6, 6.07) is 8.70. The van der Waals surface area contributed by atoms with Crippen molar-refractivity contribution in [3.63, 3.8) is 0 Å². The SMILES string of the molecule is CCCN(CCC)c1ccccc1CNC. The predicted octanol–water partition coefficient (Wildman–Crippen LogP) is 3.03. The number of benzene rings is 1. The third kappa shape index (κ3) is 3.53. The molecule has 0 aliphatic carbocycles. The van der Waals surface area contributed by atoms with Gasteiger partial charge in [-0.25, -0.2) is 0 Å². The zero-order valence-electron chi connectivity index (χ0n) is 10.8. The van der Waals surface area contributed by atoms with Crippen LogP contribution in [0.2, 0.25) is 0 Å². The lowest BCUT2D eigenvalue weighted by atomic mass is 10.1. The third-order valence-electron chi connectivity index (χ3n) is 2.69. The maximum absolute atomic E-state index is 3.24. The van der Waals surface area contributed by atoms with Crippen molar-refractivity contribution < 1.29 is 0 Å². The number of anilines is 1. The summed E-state index contributed by atoms with van der Waals surface area (Å²) in [5.41, 5.74) is 2.78. The Morgan fingerprint density at radius 1 is 1.06 bits per heavy atom. The van der Waals surface area contributed by atoms with Gasteiger partial charge in [-0.2, -0.15) is 0 Å². The highest BCUT2D eigenvalue weighted by Gasteiger charge is 2.08. The molecular formula is C14H24N2. The van der Waals surface area contributed by atoms with Crippen LogP contribution in [0.5, 0.6) is 0 Å². The minimum Gasteiger partial charge on any atom is -0.371 e. The van der Waals surface area contributed by atoms with Gasteiger partial charge in [-0.15, -0.1) is 0 Å². The molecule has 0 heterocycles. The number of rotatable bonds is 7. The molecule has 0 aliphatic heterocycles. The van der Waals surface area contributed by atoms with E-state index in [1.165, 1.54) is 24.1 Å². The van der Waals surface area contributed by atoms with Crippen molar-refractivity contribution in [2.24, 2.45) is 0 Å². The molecule has 0 aliphatic rings. The van der Waals surface area contributed by atoms with Gasteiger partial charge in [-0.05, 0) is 31.5 Å². The van der Waals surface area contributed by atoms with E-state index in [1.807, 2.05) is 7.05 Å². The molecule has 90 valence electrons. The minimum atomic E-state index is 0.945. The summed E-state index contributed by atoms with van der Waals surface area (Å²) < 4.78 is 0. The van der Waals surface area contributed by atoms with E-state index < -0.39 is 0 Å². The van der Waals surface area contributed by atoms with Gasteiger partial charge in [-0.3, -0.25) is 0 Å². The fourth-order valence-corrected chi connectivity index (χ4v) is 2.05. The van der Waals surface area contributed by atoms with E-state index in [2.05, 4.69) is 48.3 Å². The summed E-state index contributed by atoms with van der Waals surface area (Å²) in [6.45, 7) is 7.72. The molecular weight excluding hydrogens is 196 g/mol.